The van der Waals surface area contributed by atoms with Gasteiger partial charge in [0.15, 0.2) is 0 Å². The van der Waals surface area contributed by atoms with Crippen molar-refractivity contribution in [2.75, 3.05) is 0 Å². The Morgan fingerprint density at radius 1 is 0.868 bits per heavy atom. The lowest BCUT2D eigenvalue weighted by atomic mass is 9.62. The van der Waals surface area contributed by atoms with Crippen molar-refractivity contribution in [2.24, 2.45) is 5.41 Å². The van der Waals surface area contributed by atoms with Crippen LogP contribution in [0, 0.1) is 25.1 Å². The van der Waals surface area contributed by atoms with Crippen LogP contribution in [0.1, 0.15) is 128 Å². The Hall–Kier alpha value is -2.41. The highest BCUT2D eigenvalue weighted by Crippen LogP contribution is 2.51. The summed E-state index contributed by atoms with van der Waals surface area (Å²) in [6, 6.07) is 12.2. The molecule has 2 aromatic rings. The van der Waals surface area contributed by atoms with Crippen LogP contribution in [0.2, 0.25) is 0 Å². The lowest BCUT2D eigenvalue weighted by Gasteiger charge is -2.41. The first-order chi connectivity index (χ1) is 18.1. The summed E-state index contributed by atoms with van der Waals surface area (Å²) in [5.74, 6) is -0.129. The largest absolute Gasteiger partial charge is 0.207 e. The molecule has 1 atom stereocenters. The van der Waals surface area contributed by atoms with E-state index in [2.05, 4.69) is 91.1 Å². The molecule has 0 aromatic heterocycles. The Kier molecular flexibility index (Phi) is 17.6. The summed E-state index contributed by atoms with van der Waals surface area (Å²) in [5.41, 5.74) is 8.36. The van der Waals surface area contributed by atoms with Gasteiger partial charge in [-0.2, -0.15) is 0 Å². The molecule has 0 fully saturated rings. The normalized spacial score (nSPS) is 15.3. The van der Waals surface area contributed by atoms with Crippen molar-refractivity contribution in [3.05, 3.63) is 94.8 Å². The summed E-state index contributed by atoms with van der Waals surface area (Å²) < 4.78 is 14.9. The van der Waals surface area contributed by atoms with Crippen LogP contribution >= 0.6 is 0 Å². The lowest BCUT2D eigenvalue weighted by Crippen LogP contribution is -2.29. The van der Waals surface area contributed by atoms with E-state index in [4.69, 9.17) is 0 Å². The molecule has 0 aliphatic heterocycles. The predicted molar refractivity (Wildman–Crippen MR) is 172 cm³/mol. The number of allylic oxidation sites excluding steroid dienone is 4. The van der Waals surface area contributed by atoms with Crippen molar-refractivity contribution in [2.45, 2.75) is 121 Å². The summed E-state index contributed by atoms with van der Waals surface area (Å²) in [7, 11) is 0. The third-order valence-electron chi connectivity index (χ3n) is 7.33. The third-order valence-corrected chi connectivity index (χ3v) is 7.33. The highest BCUT2D eigenvalue weighted by molar-refractivity contribution is 5.74. The first-order valence-electron chi connectivity index (χ1n) is 15.0. The second-order valence-electron chi connectivity index (χ2n) is 10.4. The van der Waals surface area contributed by atoms with Crippen LogP contribution < -0.4 is 0 Å². The zero-order valence-corrected chi connectivity index (χ0v) is 26.5. The van der Waals surface area contributed by atoms with Crippen LogP contribution in [-0.4, -0.2) is 0 Å². The molecular formula is C37H57F. The number of unbranched alkanes of at least 4 members (excludes halogenated alkanes) is 3. The van der Waals surface area contributed by atoms with Gasteiger partial charge in [0.1, 0.15) is 5.82 Å². The number of benzene rings is 2. The molecule has 1 aliphatic rings. The van der Waals surface area contributed by atoms with Gasteiger partial charge in [-0.1, -0.05) is 148 Å². The van der Waals surface area contributed by atoms with Crippen LogP contribution in [-0.2, 0) is 6.42 Å². The summed E-state index contributed by atoms with van der Waals surface area (Å²) >= 11 is 0. The fraction of sp³-hybridized carbons (Fsp3) is 0.514. The van der Waals surface area contributed by atoms with E-state index in [-0.39, 0.29) is 11.2 Å². The Labute approximate surface area is 236 Å². The maximum atomic E-state index is 14.9. The highest BCUT2D eigenvalue weighted by atomic mass is 19.1. The van der Waals surface area contributed by atoms with Crippen molar-refractivity contribution in [1.82, 2.24) is 0 Å². The van der Waals surface area contributed by atoms with E-state index in [1.165, 1.54) is 48.8 Å². The molecule has 0 N–H and O–H groups in total. The smallest absolute Gasteiger partial charge is 0.127 e. The second-order valence-corrected chi connectivity index (χ2v) is 10.4. The predicted octanol–water partition coefficient (Wildman–Crippen LogP) is 12.5. The second kappa shape index (κ2) is 18.8. The van der Waals surface area contributed by atoms with Gasteiger partial charge in [-0.05, 0) is 72.6 Å². The third kappa shape index (κ3) is 10.4. The first-order valence-corrected chi connectivity index (χ1v) is 15.0. The van der Waals surface area contributed by atoms with Gasteiger partial charge in [0.25, 0.3) is 0 Å². The number of hydrogen-bond donors (Lipinski definition) is 0. The fourth-order valence-electron chi connectivity index (χ4n) is 4.24. The molecular weight excluding hydrogens is 463 g/mol. The van der Waals surface area contributed by atoms with Crippen molar-refractivity contribution in [3.8, 4) is 0 Å². The minimum Gasteiger partial charge on any atom is -0.207 e. The van der Waals surface area contributed by atoms with Gasteiger partial charge in [0, 0.05) is 5.41 Å². The number of rotatable bonds is 9. The van der Waals surface area contributed by atoms with E-state index >= 15 is 0 Å². The summed E-state index contributed by atoms with van der Waals surface area (Å²) in [6.07, 6.45) is 11.4. The molecule has 0 saturated carbocycles. The van der Waals surface area contributed by atoms with Crippen LogP contribution in [0.25, 0.3) is 11.1 Å². The van der Waals surface area contributed by atoms with Gasteiger partial charge in [0.2, 0.25) is 0 Å². The zero-order valence-electron chi connectivity index (χ0n) is 26.5. The van der Waals surface area contributed by atoms with E-state index in [0.717, 1.165) is 40.7 Å². The van der Waals surface area contributed by atoms with Gasteiger partial charge >= 0.3 is 0 Å². The molecule has 0 bridgehead atoms. The van der Waals surface area contributed by atoms with Crippen molar-refractivity contribution < 1.29 is 4.39 Å². The topological polar surface area (TPSA) is 0 Å². The highest BCUT2D eigenvalue weighted by Gasteiger charge is 2.38. The van der Waals surface area contributed by atoms with E-state index in [9.17, 15) is 4.39 Å². The van der Waals surface area contributed by atoms with E-state index < -0.39 is 0 Å². The first kappa shape index (κ1) is 35.6. The summed E-state index contributed by atoms with van der Waals surface area (Å²) in [4.78, 5) is 0. The Morgan fingerprint density at radius 2 is 1.47 bits per heavy atom. The molecule has 38 heavy (non-hydrogen) atoms. The molecule has 212 valence electrons. The lowest BCUT2D eigenvalue weighted by molar-refractivity contribution is 0.467. The standard InChI is InChI=1S/C26H29F.C5H12.C4H10.C2H6/c1-7-18(3)22-14-19(4)24(25(27)15-22)16-23-11-12-26(23,6)20(5)21-10-8-9-17(2)13-21;1-3-5-4-2;1-3-4-2;1-2/h8-11,13-15H,3,5,7,12,16H2,1-2,4,6H3;3-5H2,1-2H3;3-4H2,1-2H3;1-2H3. The van der Waals surface area contributed by atoms with E-state index in [0.29, 0.717) is 6.42 Å². The molecule has 0 radical (unpaired) electrons. The van der Waals surface area contributed by atoms with Gasteiger partial charge in [0.05, 0.1) is 0 Å². The quantitative estimate of drug-likeness (QED) is 0.288. The van der Waals surface area contributed by atoms with Crippen molar-refractivity contribution in [1.29, 1.82) is 0 Å². The van der Waals surface area contributed by atoms with Crippen molar-refractivity contribution >= 4 is 11.1 Å². The molecule has 0 saturated heterocycles. The fourth-order valence-corrected chi connectivity index (χ4v) is 4.24. The Morgan fingerprint density at radius 3 is 1.87 bits per heavy atom. The number of halogens is 1. The number of hydrogen-bond acceptors (Lipinski definition) is 0. The molecule has 0 amide bonds. The maximum Gasteiger partial charge on any atom is 0.127 e. The van der Waals surface area contributed by atoms with Crippen LogP contribution in [0.15, 0.2) is 61.2 Å². The van der Waals surface area contributed by atoms with Crippen LogP contribution in [0.3, 0.4) is 0 Å². The SMILES string of the molecule is C=C(CC)c1cc(C)c(CC2=CCC2(C)C(=C)c2cccc(C)c2)c(F)c1.CC.CCCC.CCCCC. The van der Waals surface area contributed by atoms with Crippen molar-refractivity contribution in [3.63, 3.8) is 0 Å². The molecule has 0 heterocycles. The number of aryl methyl sites for hydroxylation is 2. The molecule has 2 aromatic carbocycles. The molecule has 1 unspecified atom stereocenters. The van der Waals surface area contributed by atoms with Gasteiger partial charge in [-0.15, -0.1) is 0 Å². The average molecular weight is 521 g/mol. The Bertz CT molecular complexity index is 996. The molecule has 0 nitrogen and oxygen atoms in total. The minimum absolute atomic E-state index is 0.0988. The summed E-state index contributed by atoms with van der Waals surface area (Å²) in [6.45, 7) is 29.6. The molecule has 1 aliphatic carbocycles. The maximum absolute atomic E-state index is 14.9. The summed E-state index contributed by atoms with van der Waals surface area (Å²) in [5, 5.41) is 0. The molecule has 1 heteroatoms. The van der Waals surface area contributed by atoms with Gasteiger partial charge < -0.3 is 0 Å². The van der Waals surface area contributed by atoms with E-state index in [1.54, 1.807) is 6.07 Å². The average Bonchev–Trinajstić information content (AvgIpc) is 2.92. The van der Waals surface area contributed by atoms with Crippen LogP contribution in [0.5, 0.6) is 0 Å². The van der Waals surface area contributed by atoms with Gasteiger partial charge in [-0.25, -0.2) is 4.39 Å². The van der Waals surface area contributed by atoms with Crippen LogP contribution in [0.4, 0.5) is 4.39 Å². The monoisotopic (exact) mass is 520 g/mol. The zero-order chi connectivity index (χ0) is 29.3. The van der Waals surface area contributed by atoms with E-state index in [1.807, 2.05) is 27.7 Å². The molecule has 0 spiro atoms. The Balaban J connectivity index is 0.00000106. The minimum atomic E-state index is -0.129. The van der Waals surface area contributed by atoms with Gasteiger partial charge in [-0.3, -0.25) is 0 Å². The molecule has 3 rings (SSSR count).